The minimum atomic E-state index is -0.433. The van der Waals surface area contributed by atoms with Crippen LogP contribution in [0.1, 0.15) is 19.5 Å². The molecule has 2 unspecified atom stereocenters. The summed E-state index contributed by atoms with van der Waals surface area (Å²) in [6.45, 7) is 7.91. The largest absolute Gasteiger partial charge is 0.498 e. The van der Waals surface area contributed by atoms with Crippen LogP contribution in [-0.2, 0) is 15.9 Å². The molecule has 0 amide bonds. The number of hydrogen-bond donors (Lipinski definition) is 1. The third-order valence-electron chi connectivity index (χ3n) is 4.21. The van der Waals surface area contributed by atoms with Crippen molar-refractivity contribution < 1.29 is 14.2 Å². The van der Waals surface area contributed by atoms with Gasteiger partial charge in [0.25, 0.3) is 5.88 Å². The Bertz CT molecular complexity index is 833. The average molecular weight is 417 g/mol. The van der Waals surface area contributed by atoms with Gasteiger partial charge in [0.05, 0.1) is 14.2 Å². The summed E-state index contributed by atoms with van der Waals surface area (Å²) in [5.74, 6) is 1.68. The molecule has 0 saturated carbocycles. The Morgan fingerprint density at radius 3 is 2.83 bits per heavy atom. The van der Waals surface area contributed by atoms with E-state index in [9.17, 15) is 0 Å². The third kappa shape index (κ3) is 6.67. The van der Waals surface area contributed by atoms with E-state index in [1.165, 1.54) is 11.8 Å². The highest BCUT2D eigenvalue weighted by molar-refractivity contribution is 7.98. The maximum absolute atomic E-state index is 6.19. The molecule has 8 heteroatoms. The number of rotatable bonds is 6. The lowest BCUT2D eigenvalue weighted by Crippen LogP contribution is -2.39. The fraction of sp³-hybridized carbons (Fsp3) is 0.381. The molecule has 0 spiro atoms. The Hall–Kier alpha value is -2.74. The van der Waals surface area contributed by atoms with Crippen molar-refractivity contribution in [2.45, 2.75) is 31.7 Å². The highest BCUT2D eigenvalue weighted by Gasteiger charge is 2.21. The summed E-state index contributed by atoms with van der Waals surface area (Å²) in [6.07, 6.45) is 13.7. The predicted octanol–water partition coefficient (Wildman–Crippen LogP) is 3.79. The van der Waals surface area contributed by atoms with E-state index in [4.69, 9.17) is 14.2 Å². The molecule has 29 heavy (non-hydrogen) atoms. The molecule has 1 aromatic rings. The van der Waals surface area contributed by atoms with Gasteiger partial charge in [0.15, 0.2) is 12.0 Å². The van der Waals surface area contributed by atoms with Gasteiger partial charge in [-0.1, -0.05) is 49.6 Å². The molecule has 2 heterocycles. The third-order valence-corrected chi connectivity index (χ3v) is 4.75. The van der Waals surface area contributed by atoms with Crippen molar-refractivity contribution in [1.29, 1.82) is 0 Å². The molecular weight excluding hydrogens is 388 g/mol. The van der Waals surface area contributed by atoms with Crippen LogP contribution in [0.3, 0.4) is 0 Å². The van der Waals surface area contributed by atoms with Crippen LogP contribution in [0.5, 0.6) is 5.88 Å². The van der Waals surface area contributed by atoms with Crippen molar-refractivity contribution >= 4 is 11.8 Å². The number of fused-ring (bicyclic) bond motifs is 1. The maximum atomic E-state index is 6.19. The van der Waals surface area contributed by atoms with E-state index in [-0.39, 0.29) is 5.92 Å². The van der Waals surface area contributed by atoms with Gasteiger partial charge < -0.3 is 19.5 Å². The lowest BCUT2D eigenvalue weighted by atomic mass is 10.1. The first-order valence-corrected chi connectivity index (χ1v) is 10.4. The van der Waals surface area contributed by atoms with Gasteiger partial charge in [-0.2, -0.15) is 0 Å². The Morgan fingerprint density at radius 2 is 2.14 bits per heavy atom. The van der Waals surface area contributed by atoms with Gasteiger partial charge in [-0.15, -0.1) is 10.2 Å². The smallest absolute Gasteiger partial charge is 0.257 e. The molecule has 1 aliphatic rings. The summed E-state index contributed by atoms with van der Waals surface area (Å²) in [5, 5.41) is 12.3. The first-order valence-electron chi connectivity index (χ1n) is 9.18. The summed E-state index contributed by atoms with van der Waals surface area (Å²) in [6, 6.07) is 0. The average Bonchev–Trinajstić information content (AvgIpc) is 2.76. The van der Waals surface area contributed by atoms with Gasteiger partial charge in [0.2, 0.25) is 5.16 Å². The molecule has 0 aliphatic carbocycles. The molecule has 1 N–H and O–H groups in total. The Labute approximate surface area is 176 Å². The van der Waals surface area contributed by atoms with E-state index < -0.39 is 6.23 Å². The van der Waals surface area contributed by atoms with Crippen molar-refractivity contribution in [2.75, 3.05) is 20.5 Å². The maximum Gasteiger partial charge on any atom is 0.257 e. The van der Waals surface area contributed by atoms with Crippen LogP contribution in [0.4, 0.5) is 0 Å². The van der Waals surface area contributed by atoms with Crippen molar-refractivity contribution in [3.05, 3.63) is 65.9 Å². The molecule has 0 saturated heterocycles. The molecule has 0 bridgehead atoms. The Kier molecular flexibility index (Phi) is 8.79. The molecule has 0 aromatic carbocycles. The highest BCUT2D eigenvalue weighted by atomic mass is 32.2. The second kappa shape index (κ2) is 11.3. The van der Waals surface area contributed by atoms with Gasteiger partial charge in [0, 0.05) is 18.0 Å². The van der Waals surface area contributed by atoms with Gasteiger partial charge >= 0.3 is 0 Å². The zero-order valence-corrected chi connectivity index (χ0v) is 18.3. The van der Waals surface area contributed by atoms with E-state index in [0.29, 0.717) is 29.0 Å². The molecule has 7 nitrogen and oxygen atoms in total. The van der Waals surface area contributed by atoms with Crippen molar-refractivity contribution in [1.82, 2.24) is 20.5 Å². The number of thioether (sulfide) groups is 1. The predicted molar refractivity (Wildman–Crippen MR) is 115 cm³/mol. The number of aromatic nitrogens is 3. The lowest BCUT2D eigenvalue weighted by molar-refractivity contribution is 0.129. The fourth-order valence-corrected chi connectivity index (χ4v) is 2.79. The summed E-state index contributed by atoms with van der Waals surface area (Å²) in [4.78, 5) is 4.55. The van der Waals surface area contributed by atoms with Crippen molar-refractivity contribution in [3.63, 3.8) is 0 Å². The van der Waals surface area contributed by atoms with E-state index in [2.05, 4.69) is 27.1 Å². The zero-order chi connectivity index (χ0) is 21.2. The van der Waals surface area contributed by atoms with Crippen molar-refractivity contribution in [2.24, 2.45) is 5.92 Å². The standard InChI is InChI=1S/C21H28N4O3S/c1-14(12-13-18(27-5)16(3)26-4)19-22-15(2)10-8-7-9-11-17-20(28-19)24-25-21(23-17)29-6/h7-10,12-14,19,22H,2,11H2,1,3-6H3/b9-7-,10-8-,13-12-,18-16-. The van der Waals surface area contributed by atoms with E-state index >= 15 is 0 Å². The number of hydrogen-bond acceptors (Lipinski definition) is 8. The van der Waals surface area contributed by atoms with Gasteiger partial charge in [0.1, 0.15) is 11.5 Å². The van der Waals surface area contributed by atoms with Gasteiger partial charge in [-0.25, -0.2) is 4.98 Å². The molecule has 2 rings (SSSR count). The molecule has 0 radical (unpaired) electrons. The summed E-state index contributed by atoms with van der Waals surface area (Å²) >= 11 is 1.44. The molecule has 1 aliphatic heterocycles. The minimum absolute atomic E-state index is 0.0569. The number of ether oxygens (including phenoxy) is 3. The topological polar surface area (TPSA) is 78.4 Å². The van der Waals surface area contributed by atoms with Crippen LogP contribution in [0.15, 0.2) is 65.4 Å². The molecule has 2 atom stereocenters. The monoisotopic (exact) mass is 416 g/mol. The number of methoxy groups -OCH3 is 2. The molecule has 1 aromatic heterocycles. The quantitative estimate of drug-likeness (QED) is 0.426. The van der Waals surface area contributed by atoms with Gasteiger partial charge in [-0.05, 0) is 25.3 Å². The zero-order valence-electron chi connectivity index (χ0n) is 17.5. The van der Waals surface area contributed by atoms with Crippen LogP contribution >= 0.6 is 11.8 Å². The van der Waals surface area contributed by atoms with Crippen LogP contribution < -0.4 is 10.1 Å². The second-order valence-corrected chi connectivity index (χ2v) is 7.07. The molecular formula is C21H28N4O3S. The number of nitrogens with zero attached hydrogens (tertiary/aromatic N) is 3. The lowest BCUT2D eigenvalue weighted by Gasteiger charge is -2.25. The van der Waals surface area contributed by atoms with E-state index in [1.807, 2.05) is 56.6 Å². The summed E-state index contributed by atoms with van der Waals surface area (Å²) < 4.78 is 16.8. The first-order chi connectivity index (χ1) is 14.0. The first kappa shape index (κ1) is 22.5. The van der Waals surface area contributed by atoms with Gasteiger partial charge in [-0.3, -0.25) is 0 Å². The van der Waals surface area contributed by atoms with Crippen LogP contribution in [-0.4, -0.2) is 41.9 Å². The highest BCUT2D eigenvalue weighted by Crippen LogP contribution is 2.21. The number of nitrogens with one attached hydrogen (secondary N) is 1. The second-order valence-electron chi connectivity index (χ2n) is 6.30. The van der Waals surface area contributed by atoms with Crippen molar-refractivity contribution in [3.8, 4) is 5.88 Å². The SMILES string of the molecule is C=C1/C=C\C=C/Cc2nc(SC)nnc2OC(C(C)/C=C\C(OC)=C(/C)OC)N1. The fourth-order valence-electron chi connectivity index (χ4n) is 2.46. The molecule has 0 fully saturated rings. The Morgan fingerprint density at radius 1 is 1.34 bits per heavy atom. The van der Waals surface area contributed by atoms with Crippen LogP contribution in [0.2, 0.25) is 0 Å². The Balaban J connectivity index is 2.34. The summed E-state index contributed by atoms with van der Waals surface area (Å²) in [7, 11) is 3.21. The van der Waals surface area contributed by atoms with E-state index in [0.717, 1.165) is 11.4 Å². The number of allylic oxidation sites excluding steroid dienone is 6. The molecule has 156 valence electrons. The normalized spacial score (nSPS) is 21.0. The minimum Gasteiger partial charge on any atom is -0.498 e. The van der Waals surface area contributed by atoms with Crippen LogP contribution in [0, 0.1) is 5.92 Å². The van der Waals surface area contributed by atoms with Crippen LogP contribution in [0.25, 0.3) is 0 Å². The van der Waals surface area contributed by atoms with E-state index in [1.54, 1.807) is 14.2 Å². The summed E-state index contributed by atoms with van der Waals surface area (Å²) in [5.41, 5.74) is 1.46.